The van der Waals surface area contributed by atoms with Crippen molar-refractivity contribution in [3.05, 3.63) is 187 Å². The Hall–Kier alpha value is -7.37. The molecule has 0 amide bonds. The molecule has 0 aliphatic heterocycles. The van der Waals surface area contributed by atoms with Crippen molar-refractivity contribution in [3.63, 3.8) is 0 Å². The summed E-state index contributed by atoms with van der Waals surface area (Å²) in [5.74, 6) is 0.680. The number of hydrogen-bond acceptors (Lipinski definition) is 5. The Morgan fingerprint density at radius 2 is 0.911 bits per heavy atom. The Morgan fingerprint density at radius 1 is 0.339 bits per heavy atom. The Labute approximate surface area is 325 Å². The molecule has 264 valence electrons. The number of aryl methyl sites for hydroxylation is 2. The van der Waals surface area contributed by atoms with Crippen molar-refractivity contribution in [2.75, 3.05) is 0 Å². The lowest BCUT2D eigenvalue weighted by molar-refractivity contribution is 1.18. The normalized spacial score (nSPS) is 11.4. The molecule has 10 rings (SSSR count). The fourth-order valence-electron chi connectivity index (χ4n) is 7.70. The quantitative estimate of drug-likeness (QED) is 0.160. The number of rotatable bonds is 6. The van der Waals surface area contributed by atoms with Gasteiger partial charge in [0.1, 0.15) is 0 Å². The molecular formula is C51H35N5. The summed E-state index contributed by atoms with van der Waals surface area (Å²) >= 11 is 0. The maximum absolute atomic E-state index is 5.16. The number of aromatic nitrogens is 5. The zero-order chi connectivity index (χ0) is 37.6. The van der Waals surface area contributed by atoms with Gasteiger partial charge in [-0.2, -0.15) is 0 Å². The summed E-state index contributed by atoms with van der Waals surface area (Å²) in [7, 11) is 0. The number of pyridine rings is 3. The molecule has 5 nitrogen and oxygen atoms in total. The first-order valence-corrected chi connectivity index (χ1v) is 18.8. The molecule has 0 aliphatic carbocycles. The maximum atomic E-state index is 5.16. The van der Waals surface area contributed by atoms with E-state index >= 15 is 0 Å². The molecule has 0 unspecified atom stereocenters. The minimum Gasteiger partial charge on any atom is -0.256 e. The summed E-state index contributed by atoms with van der Waals surface area (Å²) in [5.41, 5.74) is 16.2. The third-order valence-corrected chi connectivity index (χ3v) is 10.4. The van der Waals surface area contributed by atoms with Crippen molar-refractivity contribution in [3.8, 4) is 67.3 Å². The summed E-state index contributed by atoms with van der Waals surface area (Å²) in [6.07, 6.45) is 1.85. The highest BCUT2D eigenvalue weighted by atomic mass is 14.9. The van der Waals surface area contributed by atoms with Gasteiger partial charge in [-0.25, -0.2) is 9.97 Å². The number of hydrogen-bond donors (Lipinski definition) is 0. The molecule has 4 aromatic heterocycles. The zero-order valence-electron chi connectivity index (χ0n) is 31.0. The molecule has 56 heavy (non-hydrogen) atoms. The van der Waals surface area contributed by atoms with E-state index in [1.54, 1.807) is 0 Å². The van der Waals surface area contributed by atoms with Crippen LogP contribution in [-0.2, 0) is 0 Å². The van der Waals surface area contributed by atoms with Crippen LogP contribution in [0.25, 0.3) is 100.0 Å². The van der Waals surface area contributed by atoms with Gasteiger partial charge < -0.3 is 0 Å². The molecule has 0 saturated heterocycles. The lowest BCUT2D eigenvalue weighted by Gasteiger charge is -2.13. The topological polar surface area (TPSA) is 64.5 Å². The van der Waals surface area contributed by atoms with E-state index in [-0.39, 0.29) is 0 Å². The van der Waals surface area contributed by atoms with Gasteiger partial charge in [-0.3, -0.25) is 15.0 Å². The Bertz CT molecular complexity index is 3110. The van der Waals surface area contributed by atoms with Crippen LogP contribution in [0.15, 0.2) is 176 Å². The zero-order valence-corrected chi connectivity index (χ0v) is 31.0. The van der Waals surface area contributed by atoms with Gasteiger partial charge in [0.15, 0.2) is 5.82 Å². The van der Waals surface area contributed by atoms with Crippen molar-refractivity contribution < 1.29 is 0 Å². The summed E-state index contributed by atoms with van der Waals surface area (Å²) in [6, 6.07) is 59.4. The summed E-state index contributed by atoms with van der Waals surface area (Å²) in [4.78, 5) is 24.9. The smallest absolute Gasteiger partial charge is 0.160 e. The molecule has 4 heterocycles. The molecule has 0 fully saturated rings. The van der Waals surface area contributed by atoms with E-state index in [0.29, 0.717) is 5.82 Å². The van der Waals surface area contributed by atoms with Gasteiger partial charge in [-0.05, 0) is 84.1 Å². The highest BCUT2D eigenvalue weighted by Crippen LogP contribution is 2.37. The van der Waals surface area contributed by atoms with Crippen LogP contribution in [0.5, 0.6) is 0 Å². The minimum atomic E-state index is 0.680. The number of fused-ring (bicyclic) bond motifs is 4. The molecule has 0 radical (unpaired) electrons. The van der Waals surface area contributed by atoms with Crippen LogP contribution in [0.4, 0.5) is 0 Å². The monoisotopic (exact) mass is 717 g/mol. The largest absolute Gasteiger partial charge is 0.256 e. The predicted molar refractivity (Wildman–Crippen MR) is 230 cm³/mol. The number of nitrogens with zero attached hydrogens (tertiary/aromatic N) is 5. The van der Waals surface area contributed by atoms with Crippen molar-refractivity contribution >= 4 is 32.7 Å². The molecule has 10 aromatic rings. The molecular weight excluding hydrogens is 683 g/mol. The van der Waals surface area contributed by atoms with Gasteiger partial charge in [-0.1, -0.05) is 127 Å². The molecule has 6 aromatic carbocycles. The van der Waals surface area contributed by atoms with Gasteiger partial charge in [0.05, 0.1) is 27.9 Å². The summed E-state index contributed by atoms with van der Waals surface area (Å²) in [5, 5.41) is 3.30. The molecule has 0 atom stereocenters. The van der Waals surface area contributed by atoms with Crippen LogP contribution < -0.4 is 0 Å². The van der Waals surface area contributed by atoms with E-state index in [1.165, 1.54) is 0 Å². The van der Waals surface area contributed by atoms with Crippen molar-refractivity contribution in [1.82, 2.24) is 24.9 Å². The van der Waals surface area contributed by atoms with Crippen molar-refractivity contribution in [2.24, 2.45) is 0 Å². The van der Waals surface area contributed by atoms with Crippen LogP contribution in [0.2, 0.25) is 0 Å². The number of benzene rings is 6. The molecule has 0 aliphatic rings. The SMILES string of the molecule is Cc1ccc2ccc3c(-c4cccc(-c5cccc(-c6cc(-c7cccc(-c8cccc9cccnc89)c7)nc(-c7ccccc7)n6)c5)c4)cc(C)nc3c2n1. The van der Waals surface area contributed by atoms with Crippen LogP contribution in [0.1, 0.15) is 11.4 Å². The van der Waals surface area contributed by atoms with E-state index in [0.717, 1.165) is 106 Å². The summed E-state index contributed by atoms with van der Waals surface area (Å²) in [6.45, 7) is 4.09. The van der Waals surface area contributed by atoms with Crippen molar-refractivity contribution in [2.45, 2.75) is 13.8 Å². The minimum absolute atomic E-state index is 0.680. The third-order valence-electron chi connectivity index (χ3n) is 10.4. The highest BCUT2D eigenvalue weighted by molar-refractivity contribution is 6.08. The molecule has 0 bridgehead atoms. The van der Waals surface area contributed by atoms with E-state index in [4.69, 9.17) is 24.9 Å². The first kappa shape index (κ1) is 33.2. The second-order valence-electron chi connectivity index (χ2n) is 14.2. The van der Waals surface area contributed by atoms with Crippen LogP contribution in [0.3, 0.4) is 0 Å². The maximum Gasteiger partial charge on any atom is 0.160 e. The fraction of sp³-hybridized carbons (Fsp3) is 0.0392. The second-order valence-corrected chi connectivity index (χ2v) is 14.2. The fourth-order valence-corrected chi connectivity index (χ4v) is 7.70. The van der Waals surface area contributed by atoms with E-state index in [1.807, 2.05) is 37.4 Å². The Morgan fingerprint density at radius 3 is 1.68 bits per heavy atom. The number of para-hydroxylation sites is 1. The average molecular weight is 718 g/mol. The van der Waals surface area contributed by atoms with Gasteiger partial charge >= 0.3 is 0 Å². The van der Waals surface area contributed by atoms with Crippen molar-refractivity contribution in [1.29, 1.82) is 0 Å². The lowest BCUT2D eigenvalue weighted by Crippen LogP contribution is -1.96. The standard InChI is InChI=1S/C51H35N5/c1-32-22-23-35-24-25-44-45(27-33(2)54-50(44)49(35)53-32)40-17-6-14-37(28-40)38-15-7-18-41(29-38)46-31-47(56-51(55-46)36-11-4-3-5-12-36)42-19-8-16-39(30-42)43-21-9-13-34-20-10-26-52-48(34)43/h3-31H,1-2H3. The van der Waals surface area contributed by atoms with Gasteiger partial charge in [0.25, 0.3) is 0 Å². The summed E-state index contributed by atoms with van der Waals surface area (Å²) < 4.78 is 0. The van der Waals surface area contributed by atoms with Crippen LogP contribution in [0, 0.1) is 13.8 Å². The Balaban J connectivity index is 1.07. The molecule has 0 spiro atoms. The highest BCUT2D eigenvalue weighted by Gasteiger charge is 2.15. The van der Waals surface area contributed by atoms with Gasteiger partial charge in [0.2, 0.25) is 0 Å². The molecule has 0 saturated carbocycles. The van der Waals surface area contributed by atoms with Crippen LogP contribution >= 0.6 is 0 Å². The third kappa shape index (κ3) is 6.15. The average Bonchev–Trinajstić information content (AvgIpc) is 3.26. The van der Waals surface area contributed by atoms with E-state index < -0.39 is 0 Å². The molecule has 0 N–H and O–H groups in total. The van der Waals surface area contributed by atoms with Gasteiger partial charge in [0, 0.05) is 56.0 Å². The first-order chi connectivity index (χ1) is 27.5. The first-order valence-electron chi connectivity index (χ1n) is 18.8. The Kier molecular flexibility index (Phi) is 8.19. The lowest BCUT2D eigenvalue weighted by atomic mass is 9.94. The van der Waals surface area contributed by atoms with E-state index in [2.05, 4.69) is 153 Å². The van der Waals surface area contributed by atoms with E-state index in [9.17, 15) is 0 Å². The van der Waals surface area contributed by atoms with Crippen LogP contribution in [-0.4, -0.2) is 24.9 Å². The predicted octanol–water partition coefficient (Wildman–Crippen LogP) is 12.7. The molecule has 5 heteroatoms. The second kappa shape index (κ2) is 13.8. The van der Waals surface area contributed by atoms with Gasteiger partial charge in [-0.15, -0.1) is 0 Å².